The highest BCUT2D eigenvalue weighted by atomic mass is 32.1. The molecule has 1 N–H and O–H groups in total. The molecule has 2 aromatic heterocycles. The van der Waals surface area contributed by atoms with E-state index in [1.54, 1.807) is 13.2 Å². The van der Waals surface area contributed by atoms with Crippen LogP contribution in [0.15, 0.2) is 59.7 Å². The smallest absolute Gasteiger partial charge is 0.306 e. The van der Waals surface area contributed by atoms with Crippen LogP contribution in [0.1, 0.15) is 0 Å². The topological polar surface area (TPSA) is 116 Å². The molecule has 1 amide bonds. The van der Waals surface area contributed by atoms with E-state index < -0.39 is 22.3 Å². The largest absolute Gasteiger partial charge is 0.497 e. The van der Waals surface area contributed by atoms with E-state index in [2.05, 4.69) is 10.3 Å². The van der Waals surface area contributed by atoms with Crippen molar-refractivity contribution in [1.82, 2.24) is 9.55 Å². The number of carbonyl (C=O) groups excluding carboxylic acids is 1. The van der Waals surface area contributed by atoms with Gasteiger partial charge < -0.3 is 10.1 Å². The molecule has 2 heterocycles. The van der Waals surface area contributed by atoms with Crippen molar-refractivity contribution in [2.75, 3.05) is 12.4 Å². The lowest BCUT2D eigenvalue weighted by molar-refractivity contribution is -0.387. The lowest BCUT2D eigenvalue weighted by atomic mass is 10.2. The first-order valence-electron chi connectivity index (χ1n) is 9.23. The van der Waals surface area contributed by atoms with Crippen LogP contribution in [-0.2, 0) is 11.3 Å². The van der Waals surface area contributed by atoms with Crippen molar-refractivity contribution >= 4 is 38.8 Å². The van der Waals surface area contributed by atoms with Gasteiger partial charge in [-0.1, -0.05) is 0 Å². The molecule has 0 aliphatic heterocycles. The third kappa shape index (κ3) is 4.18. The van der Waals surface area contributed by atoms with Gasteiger partial charge in [-0.15, -0.1) is 11.3 Å². The minimum absolute atomic E-state index is 0.0445. The number of thiophene rings is 1. The molecule has 0 radical (unpaired) electrons. The molecule has 0 aliphatic rings. The van der Waals surface area contributed by atoms with Crippen molar-refractivity contribution < 1.29 is 18.8 Å². The fraction of sp³-hybridized carbons (Fsp3) is 0.0952. The van der Waals surface area contributed by atoms with Gasteiger partial charge in [0.1, 0.15) is 17.0 Å². The second-order valence-electron chi connectivity index (χ2n) is 6.70. The van der Waals surface area contributed by atoms with E-state index in [1.807, 2.05) is 24.3 Å². The Labute approximate surface area is 183 Å². The zero-order valence-corrected chi connectivity index (χ0v) is 17.4. The molecule has 0 spiro atoms. The number of anilines is 1. The average Bonchev–Trinajstić information content (AvgIpc) is 3.22. The number of nitro groups is 1. The number of carbonyl (C=O) groups is 1. The highest BCUT2D eigenvalue weighted by molar-refractivity contribution is 7.22. The van der Waals surface area contributed by atoms with E-state index in [0.29, 0.717) is 16.0 Å². The first-order valence-corrected chi connectivity index (χ1v) is 10.0. The first-order chi connectivity index (χ1) is 15.4. The van der Waals surface area contributed by atoms with E-state index in [1.165, 1.54) is 23.7 Å². The summed E-state index contributed by atoms with van der Waals surface area (Å²) in [4.78, 5) is 40.3. The van der Waals surface area contributed by atoms with Gasteiger partial charge in [0.15, 0.2) is 0 Å². The van der Waals surface area contributed by atoms with E-state index >= 15 is 0 Å². The van der Waals surface area contributed by atoms with Crippen molar-refractivity contribution in [2.45, 2.75) is 6.54 Å². The Balaban J connectivity index is 1.56. The quantitative estimate of drug-likeness (QED) is 0.350. The van der Waals surface area contributed by atoms with Gasteiger partial charge in [0.05, 0.1) is 23.9 Å². The molecular formula is C21H15FN4O5S. The predicted molar refractivity (Wildman–Crippen MR) is 118 cm³/mol. The summed E-state index contributed by atoms with van der Waals surface area (Å²) in [6.45, 7) is -0.358. The number of aromatic nitrogens is 2. The van der Waals surface area contributed by atoms with Crippen LogP contribution in [0.3, 0.4) is 0 Å². The summed E-state index contributed by atoms with van der Waals surface area (Å²) < 4.78 is 20.1. The SMILES string of the molecule is COc1ccc(-c2cc3ncn(CC(=O)Nc4ccc(F)c([N+](=O)[O-])c4)c(=O)c3s2)cc1. The summed E-state index contributed by atoms with van der Waals surface area (Å²) in [5.74, 6) is -0.904. The summed E-state index contributed by atoms with van der Waals surface area (Å²) in [7, 11) is 1.58. The van der Waals surface area contributed by atoms with Crippen molar-refractivity contribution in [1.29, 1.82) is 0 Å². The summed E-state index contributed by atoms with van der Waals surface area (Å²) >= 11 is 1.26. The van der Waals surface area contributed by atoms with Gasteiger partial charge in [0.2, 0.25) is 11.7 Å². The molecule has 0 bridgehead atoms. The number of fused-ring (bicyclic) bond motifs is 1. The van der Waals surface area contributed by atoms with Gasteiger partial charge in [0.25, 0.3) is 5.56 Å². The van der Waals surface area contributed by atoms with E-state index in [-0.39, 0.29) is 17.8 Å². The Morgan fingerprint density at radius 3 is 2.69 bits per heavy atom. The molecule has 32 heavy (non-hydrogen) atoms. The van der Waals surface area contributed by atoms with Crippen molar-refractivity contribution in [3.05, 3.63) is 81.1 Å². The molecule has 0 fully saturated rings. The fourth-order valence-corrected chi connectivity index (χ4v) is 4.11. The van der Waals surface area contributed by atoms with Crippen LogP contribution in [0.4, 0.5) is 15.8 Å². The van der Waals surface area contributed by atoms with E-state index in [9.17, 15) is 24.1 Å². The normalized spacial score (nSPS) is 10.8. The molecule has 4 aromatic rings. The Morgan fingerprint density at radius 2 is 2.00 bits per heavy atom. The fourth-order valence-electron chi connectivity index (χ4n) is 3.04. The zero-order chi connectivity index (χ0) is 22.8. The maximum Gasteiger partial charge on any atom is 0.306 e. The number of hydrogen-bond donors (Lipinski definition) is 1. The van der Waals surface area contributed by atoms with Crippen LogP contribution in [0, 0.1) is 15.9 Å². The predicted octanol–water partition coefficient (Wildman–Crippen LogP) is 3.82. The first kappa shape index (κ1) is 21.1. The number of hydrogen-bond acceptors (Lipinski definition) is 7. The minimum Gasteiger partial charge on any atom is -0.497 e. The lowest BCUT2D eigenvalue weighted by Crippen LogP contribution is -2.27. The number of nitrogens with one attached hydrogen (secondary N) is 1. The van der Waals surface area contributed by atoms with E-state index in [4.69, 9.17) is 4.74 Å². The monoisotopic (exact) mass is 454 g/mol. The van der Waals surface area contributed by atoms with Crippen LogP contribution in [0.25, 0.3) is 20.7 Å². The number of methoxy groups -OCH3 is 1. The standard InChI is InChI=1S/C21H15FN4O5S/c1-31-14-5-2-12(3-6-14)18-9-16-20(32-18)21(28)25(11-23-16)10-19(27)24-13-4-7-15(22)17(8-13)26(29)30/h2-9,11H,10H2,1H3,(H,24,27). The van der Waals surface area contributed by atoms with Gasteiger partial charge >= 0.3 is 5.69 Å². The zero-order valence-electron chi connectivity index (χ0n) is 16.6. The van der Waals surface area contributed by atoms with Crippen molar-refractivity contribution in [2.24, 2.45) is 0 Å². The number of halogens is 1. The molecule has 0 atom stereocenters. The molecule has 0 unspecified atom stereocenters. The summed E-state index contributed by atoms with van der Waals surface area (Å²) in [6.07, 6.45) is 1.27. The Hall–Kier alpha value is -4.12. The molecule has 0 saturated carbocycles. The second kappa shape index (κ2) is 8.55. The lowest BCUT2D eigenvalue weighted by Gasteiger charge is -2.07. The van der Waals surface area contributed by atoms with Crippen LogP contribution >= 0.6 is 11.3 Å². The number of ether oxygens (including phenoxy) is 1. The van der Waals surface area contributed by atoms with Gasteiger partial charge in [-0.25, -0.2) is 4.98 Å². The molecule has 11 heteroatoms. The minimum atomic E-state index is -1.01. The van der Waals surface area contributed by atoms with Gasteiger partial charge in [-0.2, -0.15) is 4.39 Å². The molecular weight excluding hydrogens is 439 g/mol. The average molecular weight is 454 g/mol. The number of nitrogens with zero attached hydrogens (tertiary/aromatic N) is 3. The number of amides is 1. The number of rotatable bonds is 6. The number of nitro benzene ring substituents is 1. The molecule has 2 aromatic carbocycles. The van der Waals surface area contributed by atoms with Crippen molar-refractivity contribution in [3.8, 4) is 16.2 Å². The third-order valence-corrected chi connectivity index (χ3v) is 5.78. The Bertz CT molecular complexity index is 1400. The Kier molecular flexibility index (Phi) is 5.65. The molecule has 9 nitrogen and oxygen atoms in total. The Morgan fingerprint density at radius 1 is 1.25 bits per heavy atom. The van der Waals surface area contributed by atoms with Gasteiger partial charge in [-0.3, -0.25) is 24.3 Å². The van der Waals surface area contributed by atoms with Crippen LogP contribution < -0.4 is 15.6 Å². The van der Waals surface area contributed by atoms with Gasteiger partial charge in [0, 0.05) is 16.6 Å². The molecule has 4 rings (SSSR count). The van der Waals surface area contributed by atoms with Crippen LogP contribution in [0.5, 0.6) is 5.75 Å². The highest BCUT2D eigenvalue weighted by Crippen LogP contribution is 2.31. The highest BCUT2D eigenvalue weighted by Gasteiger charge is 2.16. The van der Waals surface area contributed by atoms with Crippen molar-refractivity contribution in [3.63, 3.8) is 0 Å². The van der Waals surface area contributed by atoms with Crippen LogP contribution in [-0.4, -0.2) is 27.5 Å². The molecule has 0 aliphatic carbocycles. The summed E-state index contributed by atoms with van der Waals surface area (Å²) in [5.41, 5.74) is 0.308. The summed E-state index contributed by atoms with van der Waals surface area (Å²) in [5, 5.41) is 13.3. The molecule has 0 saturated heterocycles. The van der Waals surface area contributed by atoms with Crippen LogP contribution in [0.2, 0.25) is 0 Å². The van der Waals surface area contributed by atoms with E-state index in [0.717, 1.165) is 27.1 Å². The third-order valence-electron chi connectivity index (χ3n) is 4.62. The number of benzene rings is 2. The molecule has 162 valence electrons. The van der Waals surface area contributed by atoms with Gasteiger partial charge in [-0.05, 0) is 48.0 Å². The maximum absolute atomic E-state index is 13.5. The summed E-state index contributed by atoms with van der Waals surface area (Å²) in [6, 6.07) is 12.2. The maximum atomic E-state index is 13.5. The second-order valence-corrected chi connectivity index (χ2v) is 7.75.